The minimum Gasteiger partial charge on any atom is -0.480 e. The molecule has 1 heterocycles. The Hall–Kier alpha value is -1.53. The second-order valence-corrected chi connectivity index (χ2v) is 4.62. The van der Waals surface area contributed by atoms with E-state index in [0.29, 0.717) is 0 Å². The van der Waals surface area contributed by atoms with Gasteiger partial charge in [0.15, 0.2) is 0 Å². The summed E-state index contributed by atoms with van der Waals surface area (Å²) in [5.74, 6) is -1.74. The number of alkyl halides is 3. The van der Waals surface area contributed by atoms with E-state index in [4.69, 9.17) is 5.11 Å². The molecule has 2 rings (SSSR count). The Bertz CT molecular complexity index is 424. The molecule has 1 aliphatic heterocycles. The molecule has 0 aromatic heterocycles. The Morgan fingerprint density at radius 2 is 1.94 bits per heavy atom. The van der Waals surface area contributed by atoms with Crippen molar-refractivity contribution in [2.75, 3.05) is 13.1 Å². The van der Waals surface area contributed by atoms with E-state index >= 15 is 0 Å². The van der Waals surface area contributed by atoms with Crippen LogP contribution in [0.2, 0.25) is 0 Å². The van der Waals surface area contributed by atoms with Crippen LogP contribution in [0.4, 0.5) is 13.2 Å². The van der Waals surface area contributed by atoms with Crippen LogP contribution in [-0.2, 0) is 9.59 Å². The number of carbonyl (C=O) groups is 2. The Morgan fingerprint density at radius 1 is 1.33 bits per heavy atom. The van der Waals surface area contributed by atoms with Gasteiger partial charge in [-0.3, -0.25) is 9.59 Å². The van der Waals surface area contributed by atoms with Crippen LogP contribution in [0.5, 0.6) is 0 Å². The third-order valence-corrected chi connectivity index (χ3v) is 3.43. The lowest BCUT2D eigenvalue weighted by atomic mass is 10.0. The first kappa shape index (κ1) is 12.9. The number of rotatable bonds is 2. The van der Waals surface area contributed by atoms with Gasteiger partial charge in [-0.15, -0.1) is 0 Å². The summed E-state index contributed by atoms with van der Waals surface area (Å²) in [7, 11) is 0. The van der Waals surface area contributed by atoms with Gasteiger partial charge < -0.3 is 10.0 Å². The maximum atomic E-state index is 12.4. The molecular weight excluding hydrogens is 251 g/mol. The molecule has 0 aromatic carbocycles. The molecule has 1 amide bonds. The van der Waals surface area contributed by atoms with Gasteiger partial charge in [0.1, 0.15) is 5.41 Å². The van der Waals surface area contributed by atoms with E-state index in [0.717, 1.165) is 6.08 Å². The quantitative estimate of drug-likeness (QED) is 0.607. The van der Waals surface area contributed by atoms with Gasteiger partial charge in [-0.25, -0.2) is 0 Å². The fourth-order valence-corrected chi connectivity index (χ4v) is 2.06. The molecule has 0 atom stereocenters. The van der Waals surface area contributed by atoms with Gasteiger partial charge in [0.2, 0.25) is 5.91 Å². The summed E-state index contributed by atoms with van der Waals surface area (Å²) in [6.45, 7) is -0.234. The zero-order valence-electron chi connectivity index (χ0n) is 9.46. The molecule has 0 aromatic rings. The van der Waals surface area contributed by atoms with Crippen LogP contribution < -0.4 is 0 Å². The van der Waals surface area contributed by atoms with Crippen LogP contribution in [0.3, 0.4) is 0 Å². The second-order valence-electron chi connectivity index (χ2n) is 4.62. The molecular formula is C11H12F3NO3. The van der Waals surface area contributed by atoms with Crippen LogP contribution >= 0.6 is 0 Å². The standard InChI is InChI=1S/C11H12F3NO3/c12-11(13,14)7-1-5-15(6-2-7)8(16)10(3-4-10)9(17)18/h1H,2-6H2,(H,17,18). The first-order valence-corrected chi connectivity index (χ1v) is 5.56. The van der Waals surface area contributed by atoms with Crippen LogP contribution in [0.15, 0.2) is 11.6 Å². The van der Waals surface area contributed by atoms with E-state index in [1.807, 2.05) is 0 Å². The average Bonchev–Trinajstić information content (AvgIpc) is 3.08. The highest BCUT2D eigenvalue weighted by Gasteiger charge is 2.58. The lowest BCUT2D eigenvalue weighted by Crippen LogP contribution is -2.43. The molecule has 100 valence electrons. The highest BCUT2D eigenvalue weighted by atomic mass is 19.4. The van der Waals surface area contributed by atoms with Crippen LogP contribution in [0.25, 0.3) is 0 Å². The summed E-state index contributed by atoms with van der Waals surface area (Å²) in [5.41, 5.74) is -2.02. The predicted molar refractivity (Wildman–Crippen MR) is 54.6 cm³/mol. The predicted octanol–water partition coefficient (Wildman–Crippen LogP) is 1.57. The van der Waals surface area contributed by atoms with Gasteiger partial charge in [0.25, 0.3) is 0 Å². The summed E-state index contributed by atoms with van der Waals surface area (Å²) in [5, 5.41) is 8.94. The Balaban J connectivity index is 2.05. The zero-order chi connectivity index (χ0) is 13.6. The normalized spacial score (nSPS) is 22.4. The van der Waals surface area contributed by atoms with Crippen molar-refractivity contribution in [3.05, 3.63) is 11.6 Å². The first-order chi connectivity index (χ1) is 8.27. The number of carboxylic acid groups (broad SMARTS) is 1. The third-order valence-electron chi connectivity index (χ3n) is 3.43. The van der Waals surface area contributed by atoms with Crippen molar-refractivity contribution in [1.82, 2.24) is 4.90 Å². The lowest BCUT2D eigenvalue weighted by molar-refractivity contribution is -0.153. The second kappa shape index (κ2) is 4.00. The largest absolute Gasteiger partial charge is 0.480 e. The Kier molecular flexibility index (Phi) is 2.87. The number of nitrogens with zero attached hydrogens (tertiary/aromatic N) is 1. The summed E-state index contributed by atoms with van der Waals surface area (Å²) >= 11 is 0. The molecule has 2 aliphatic rings. The average molecular weight is 263 g/mol. The van der Waals surface area contributed by atoms with Crippen LogP contribution in [-0.4, -0.2) is 41.1 Å². The zero-order valence-corrected chi connectivity index (χ0v) is 9.46. The van der Waals surface area contributed by atoms with Crippen molar-refractivity contribution in [3.63, 3.8) is 0 Å². The van der Waals surface area contributed by atoms with Gasteiger partial charge in [-0.2, -0.15) is 13.2 Å². The number of carboxylic acids is 1. The lowest BCUT2D eigenvalue weighted by Gasteiger charge is -2.29. The fourth-order valence-electron chi connectivity index (χ4n) is 2.06. The van der Waals surface area contributed by atoms with Gasteiger partial charge >= 0.3 is 12.1 Å². The minimum atomic E-state index is -4.36. The Morgan fingerprint density at radius 3 is 2.28 bits per heavy atom. The van der Waals surface area contributed by atoms with E-state index in [2.05, 4.69) is 0 Å². The van der Waals surface area contributed by atoms with Crippen molar-refractivity contribution in [3.8, 4) is 0 Å². The number of halogens is 3. The molecule has 1 N–H and O–H groups in total. The summed E-state index contributed by atoms with van der Waals surface area (Å²) < 4.78 is 37.1. The van der Waals surface area contributed by atoms with Crippen molar-refractivity contribution in [1.29, 1.82) is 0 Å². The highest BCUT2D eigenvalue weighted by Crippen LogP contribution is 2.48. The monoisotopic (exact) mass is 263 g/mol. The van der Waals surface area contributed by atoms with E-state index in [1.165, 1.54) is 4.90 Å². The first-order valence-electron chi connectivity index (χ1n) is 5.56. The highest BCUT2D eigenvalue weighted by molar-refractivity contribution is 6.04. The van der Waals surface area contributed by atoms with Gasteiger partial charge in [0.05, 0.1) is 0 Å². The molecule has 4 nitrogen and oxygen atoms in total. The molecule has 0 bridgehead atoms. The number of hydrogen-bond donors (Lipinski definition) is 1. The van der Waals surface area contributed by atoms with E-state index in [9.17, 15) is 22.8 Å². The molecule has 1 fully saturated rings. The molecule has 0 unspecified atom stereocenters. The van der Waals surface area contributed by atoms with Crippen molar-refractivity contribution in [2.24, 2.45) is 5.41 Å². The van der Waals surface area contributed by atoms with Crippen molar-refractivity contribution in [2.45, 2.75) is 25.4 Å². The topological polar surface area (TPSA) is 57.6 Å². The molecule has 18 heavy (non-hydrogen) atoms. The number of aliphatic carboxylic acids is 1. The Labute approximate surface area is 101 Å². The number of amides is 1. The van der Waals surface area contributed by atoms with Gasteiger partial charge in [0, 0.05) is 18.7 Å². The smallest absolute Gasteiger partial charge is 0.412 e. The molecule has 0 saturated heterocycles. The molecule has 1 saturated carbocycles. The molecule has 1 aliphatic carbocycles. The van der Waals surface area contributed by atoms with Crippen LogP contribution in [0.1, 0.15) is 19.3 Å². The van der Waals surface area contributed by atoms with Crippen molar-refractivity contribution < 1.29 is 27.9 Å². The van der Waals surface area contributed by atoms with E-state index in [-0.39, 0.29) is 32.4 Å². The van der Waals surface area contributed by atoms with Gasteiger partial charge in [-0.1, -0.05) is 6.08 Å². The number of hydrogen-bond acceptors (Lipinski definition) is 2. The van der Waals surface area contributed by atoms with Gasteiger partial charge in [-0.05, 0) is 19.3 Å². The number of carbonyl (C=O) groups excluding carboxylic acids is 1. The fraction of sp³-hybridized carbons (Fsp3) is 0.636. The molecule has 0 radical (unpaired) electrons. The van der Waals surface area contributed by atoms with E-state index < -0.39 is 29.0 Å². The van der Waals surface area contributed by atoms with Crippen LogP contribution in [0, 0.1) is 5.41 Å². The minimum absolute atomic E-state index is 0.0702. The maximum absolute atomic E-state index is 12.4. The van der Waals surface area contributed by atoms with Crippen molar-refractivity contribution >= 4 is 11.9 Å². The molecule has 7 heteroatoms. The SMILES string of the molecule is O=C(O)C1(C(=O)N2CC=C(C(F)(F)F)CC2)CC1. The van der Waals surface area contributed by atoms with E-state index in [1.54, 1.807) is 0 Å². The summed E-state index contributed by atoms with van der Waals surface area (Å²) in [6, 6.07) is 0. The third kappa shape index (κ3) is 2.09. The maximum Gasteiger partial charge on any atom is 0.412 e. The summed E-state index contributed by atoms with van der Waals surface area (Å²) in [6.07, 6.45) is -3.13. The summed E-state index contributed by atoms with van der Waals surface area (Å²) in [4.78, 5) is 24.1. The molecule has 0 spiro atoms.